The summed E-state index contributed by atoms with van der Waals surface area (Å²) in [5, 5.41) is 3.70. The minimum atomic E-state index is 0.844. The van der Waals surface area contributed by atoms with Crippen molar-refractivity contribution in [2.75, 3.05) is 26.2 Å². The Morgan fingerprint density at radius 1 is 1.06 bits per heavy atom. The Labute approximate surface area is 101 Å². The molecule has 2 fully saturated rings. The van der Waals surface area contributed by atoms with E-state index in [4.69, 9.17) is 0 Å². The summed E-state index contributed by atoms with van der Waals surface area (Å²) in [5.41, 5.74) is 0. The van der Waals surface area contributed by atoms with E-state index < -0.39 is 0 Å². The Morgan fingerprint density at radius 2 is 1.69 bits per heavy atom. The van der Waals surface area contributed by atoms with Gasteiger partial charge < -0.3 is 10.2 Å². The summed E-state index contributed by atoms with van der Waals surface area (Å²) in [4.78, 5) is 2.64. The number of rotatable bonds is 5. The molecule has 0 bridgehead atoms. The van der Waals surface area contributed by atoms with Gasteiger partial charge in [-0.15, -0.1) is 0 Å². The molecule has 0 aromatic carbocycles. The normalized spacial score (nSPS) is 32.6. The van der Waals surface area contributed by atoms with Gasteiger partial charge in [-0.2, -0.15) is 0 Å². The van der Waals surface area contributed by atoms with Crippen LogP contribution in [0, 0.1) is 11.8 Å². The summed E-state index contributed by atoms with van der Waals surface area (Å²) < 4.78 is 0. The predicted molar refractivity (Wildman–Crippen MR) is 69.6 cm³/mol. The molecule has 1 heterocycles. The first-order chi connectivity index (χ1) is 7.75. The molecule has 2 heteroatoms. The lowest BCUT2D eigenvalue weighted by atomic mass is 10.0. The van der Waals surface area contributed by atoms with Gasteiger partial charge >= 0.3 is 0 Å². The van der Waals surface area contributed by atoms with E-state index in [-0.39, 0.29) is 0 Å². The third-order valence-electron chi connectivity index (χ3n) is 4.50. The Kier molecular flexibility index (Phi) is 4.66. The molecule has 94 valence electrons. The van der Waals surface area contributed by atoms with Gasteiger partial charge in [-0.3, -0.25) is 0 Å². The van der Waals surface area contributed by atoms with E-state index in [1.54, 1.807) is 0 Å². The number of likely N-dealkylation sites (tertiary alicyclic amines) is 1. The number of hydrogen-bond donors (Lipinski definition) is 1. The molecule has 0 aromatic heterocycles. The number of nitrogens with zero attached hydrogens (tertiary/aromatic N) is 1. The Balaban J connectivity index is 1.51. The fourth-order valence-electron chi connectivity index (χ4n) is 3.17. The van der Waals surface area contributed by atoms with Crippen LogP contribution in [0.4, 0.5) is 0 Å². The average Bonchev–Trinajstić information content (AvgIpc) is 2.85. The van der Waals surface area contributed by atoms with Crippen LogP contribution in [0.2, 0.25) is 0 Å². The van der Waals surface area contributed by atoms with Crippen molar-refractivity contribution in [3.8, 4) is 0 Å². The van der Waals surface area contributed by atoms with E-state index in [0.717, 1.165) is 17.9 Å². The standard InChI is InChI=1S/C14H28N2/c1-12-10-16(11-13(12)2)9-5-8-15-14-6-3-4-7-14/h12-15H,3-11H2,1-2H3. The molecule has 1 saturated heterocycles. The Bertz CT molecular complexity index is 189. The predicted octanol–water partition coefficient (Wildman–Crippen LogP) is 2.50. The van der Waals surface area contributed by atoms with Gasteiger partial charge in [0.25, 0.3) is 0 Å². The molecule has 2 unspecified atom stereocenters. The molecule has 1 aliphatic carbocycles. The zero-order chi connectivity index (χ0) is 11.4. The van der Waals surface area contributed by atoms with E-state index in [2.05, 4.69) is 24.1 Å². The average molecular weight is 224 g/mol. The second-order valence-electron chi connectivity index (χ2n) is 6.00. The van der Waals surface area contributed by atoms with Gasteiger partial charge in [-0.25, -0.2) is 0 Å². The molecule has 2 nitrogen and oxygen atoms in total. The fourth-order valence-corrected chi connectivity index (χ4v) is 3.17. The van der Waals surface area contributed by atoms with Gasteiger partial charge in [0.2, 0.25) is 0 Å². The highest BCUT2D eigenvalue weighted by atomic mass is 15.1. The number of nitrogens with one attached hydrogen (secondary N) is 1. The van der Waals surface area contributed by atoms with Crippen LogP contribution in [-0.2, 0) is 0 Å². The van der Waals surface area contributed by atoms with E-state index in [1.807, 2.05) is 0 Å². The van der Waals surface area contributed by atoms with Crippen molar-refractivity contribution >= 4 is 0 Å². The van der Waals surface area contributed by atoms with Crippen LogP contribution in [0.25, 0.3) is 0 Å². The van der Waals surface area contributed by atoms with Crippen LogP contribution in [0.15, 0.2) is 0 Å². The third-order valence-corrected chi connectivity index (χ3v) is 4.50. The summed E-state index contributed by atoms with van der Waals surface area (Å²) in [5.74, 6) is 1.81. The highest BCUT2D eigenvalue weighted by Crippen LogP contribution is 2.22. The molecule has 0 spiro atoms. The van der Waals surface area contributed by atoms with Crippen LogP contribution in [0.3, 0.4) is 0 Å². The maximum absolute atomic E-state index is 3.70. The lowest BCUT2D eigenvalue weighted by Gasteiger charge is -2.17. The van der Waals surface area contributed by atoms with Crippen molar-refractivity contribution in [2.24, 2.45) is 11.8 Å². The monoisotopic (exact) mass is 224 g/mol. The van der Waals surface area contributed by atoms with Crippen LogP contribution in [0.5, 0.6) is 0 Å². The molecule has 0 radical (unpaired) electrons. The summed E-state index contributed by atoms with van der Waals surface area (Å²) >= 11 is 0. The SMILES string of the molecule is CC1CN(CCCNC2CCCC2)CC1C. The van der Waals surface area contributed by atoms with Gasteiger partial charge in [-0.05, 0) is 44.2 Å². The molecule has 2 atom stereocenters. The topological polar surface area (TPSA) is 15.3 Å². The zero-order valence-corrected chi connectivity index (χ0v) is 11.0. The van der Waals surface area contributed by atoms with Gasteiger partial charge in [0.05, 0.1) is 0 Å². The molecule has 1 aliphatic heterocycles. The van der Waals surface area contributed by atoms with Gasteiger partial charge in [0.15, 0.2) is 0 Å². The van der Waals surface area contributed by atoms with E-state index in [9.17, 15) is 0 Å². The van der Waals surface area contributed by atoms with Crippen LogP contribution in [-0.4, -0.2) is 37.1 Å². The van der Waals surface area contributed by atoms with Crippen molar-refractivity contribution < 1.29 is 0 Å². The molecule has 1 N–H and O–H groups in total. The van der Waals surface area contributed by atoms with Gasteiger partial charge in [0, 0.05) is 19.1 Å². The summed E-state index contributed by atoms with van der Waals surface area (Å²) in [6.45, 7) is 9.95. The molecule has 0 aromatic rings. The molecule has 2 aliphatic rings. The van der Waals surface area contributed by atoms with Crippen molar-refractivity contribution in [3.63, 3.8) is 0 Å². The molecule has 16 heavy (non-hydrogen) atoms. The largest absolute Gasteiger partial charge is 0.314 e. The highest BCUT2D eigenvalue weighted by Gasteiger charge is 2.25. The minimum Gasteiger partial charge on any atom is -0.314 e. The highest BCUT2D eigenvalue weighted by molar-refractivity contribution is 4.79. The summed E-state index contributed by atoms with van der Waals surface area (Å²) in [6, 6.07) is 0.844. The van der Waals surface area contributed by atoms with Gasteiger partial charge in [0.1, 0.15) is 0 Å². The van der Waals surface area contributed by atoms with Crippen LogP contribution in [0.1, 0.15) is 46.0 Å². The fraction of sp³-hybridized carbons (Fsp3) is 1.00. The molecule has 0 amide bonds. The minimum absolute atomic E-state index is 0.844. The molecular formula is C14H28N2. The van der Waals surface area contributed by atoms with E-state index in [1.165, 1.54) is 58.3 Å². The first-order valence-corrected chi connectivity index (χ1v) is 7.21. The van der Waals surface area contributed by atoms with Crippen molar-refractivity contribution in [1.82, 2.24) is 10.2 Å². The smallest absolute Gasteiger partial charge is 0.00670 e. The van der Waals surface area contributed by atoms with Crippen molar-refractivity contribution in [2.45, 2.75) is 52.0 Å². The zero-order valence-electron chi connectivity index (χ0n) is 11.0. The van der Waals surface area contributed by atoms with E-state index in [0.29, 0.717) is 0 Å². The molecule has 2 rings (SSSR count). The maximum atomic E-state index is 3.70. The molecule has 1 saturated carbocycles. The lowest BCUT2D eigenvalue weighted by Crippen LogP contribution is -2.30. The van der Waals surface area contributed by atoms with Crippen molar-refractivity contribution in [1.29, 1.82) is 0 Å². The van der Waals surface area contributed by atoms with Crippen molar-refractivity contribution in [3.05, 3.63) is 0 Å². The Morgan fingerprint density at radius 3 is 2.31 bits per heavy atom. The van der Waals surface area contributed by atoms with Gasteiger partial charge in [-0.1, -0.05) is 26.7 Å². The van der Waals surface area contributed by atoms with Crippen LogP contribution >= 0.6 is 0 Å². The summed E-state index contributed by atoms with van der Waals surface area (Å²) in [7, 11) is 0. The lowest BCUT2D eigenvalue weighted by molar-refractivity contribution is 0.314. The second kappa shape index (κ2) is 6.02. The quantitative estimate of drug-likeness (QED) is 0.722. The van der Waals surface area contributed by atoms with E-state index >= 15 is 0 Å². The maximum Gasteiger partial charge on any atom is 0.00670 e. The molecular weight excluding hydrogens is 196 g/mol. The third kappa shape index (κ3) is 3.46. The Hall–Kier alpha value is -0.0800. The second-order valence-corrected chi connectivity index (χ2v) is 6.00. The number of hydrogen-bond acceptors (Lipinski definition) is 2. The summed E-state index contributed by atoms with van der Waals surface area (Å²) in [6.07, 6.45) is 7.04. The first kappa shape index (κ1) is 12.4. The van der Waals surface area contributed by atoms with Crippen LogP contribution < -0.4 is 5.32 Å². The first-order valence-electron chi connectivity index (χ1n) is 7.21.